The van der Waals surface area contributed by atoms with E-state index in [1.54, 1.807) is 24.0 Å². The SMILES string of the molecule is CCS(=O)(=O)N1CCC(C(=O)N2C[C@@H](C(=O)NCc3ccccc3)Oc3ccccc32)CC1. The Morgan fingerprint density at radius 3 is 2.39 bits per heavy atom. The van der Waals surface area contributed by atoms with E-state index in [9.17, 15) is 18.0 Å². The van der Waals surface area contributed by atoms with Crippen LogP contribution in [0, 0.1) is 5.92 Å². The maximum atomic E-state index is 13.5. The first-order valence-corrected chi connectivity index (χ1v) is 12.9. The quantitative estimate of drug-likeness (QED) is 0.697. The second kappa shape index (κ2) is 9.93. The van der Waals surface area contributed by atoms with Crippen molar-refractivity contribution in [2.24, 2.45) is 5.92 Å². The minimum atomic E-state index is -3.26. The number of nitrogens with zero attached hydrogens (tertiary/aromatic N) is 2. The zero-order chi connectivity index (χ0) is 23.4. The Kier molecular flexibility index (Phi) is 6.99. The molecule has 0 aliphatic carbocycles. The van der Waals surface area contributed by atoms with Crippen molar-refractivity contribution >= 4 is 27.5 Å². The summed E-state index contributed by atoms with van der Waals surface area (Å²) in [5, 5.41) is 2.89. The highest BCUT2D eigenvalue weighted by molar-refractivity contribution is 7.89. The number of sulfonamides is 1. The molecule has 2 aromatic rings. The van der Waals surface area contributed by atoms with E-state index in [0.717, 1.165) is 5.56 Å². The summed E-state index contributed by atoms with van der Waals surface area (Å²) in [5.41, 5.74) is 1.61. The van der Waals surface area contributed by atoms with Crippen molar-refractivity contribution in [2.45, 2.75) is 32.4 Å². The number of ether oxygens (including phenoxy) is 1. The molecular weight excluding hydrogens is 442 g/mol. The molecule has 2 aromatic carbocycles. The number of benzene rings is 2. The van der Waals surface area contributed by atoms with Gasteiger partial charge in [-0.15, -0.1) is 0 Å². The fraction of sp³-hybridized carbons (Fsp3) is 0.417. The lowest BCUT2D eigenvalue weighted by atomic mass is 9.95. The van der Waals surface area contributed by atoms with Crippen LogP contribution in [0.3, 0.4) is 0 Å². The molecule has 2 heterocycles. The van der Waals surface area contributed by atoms with Gasteiger partial charge >= 0.3 is 0 Å². The second-order valence-electron chi connectivity index (χ2n) is 8.30. The zero-order valence-electron chi connectivity index (χ0n) is 18.6. The molecule has 1 N–H and O–H groups in total. The van der Waals surface area contributed by atoms with Crippen LogP contribution in [-0.4, -0.2) is 56.0 Å². The van der Waals surface area contributed by atoms with Crippen LogP contribution in [0.1, 0.15) is 25.3 Å². The summed E-state index contributed by atoms with van der Waals surface area (Å²) >= 11 is 0. The van der Waals surface area contributed by atoms with Gasteiger partial charge in [-0.2, -0.15) is 0 Å². The topological polar surface area (TPSA) is 96.0 Å². The van der Waals surface area contributed by atoms with Crippen molar-refractivity contribution < 1.29 is 22.7 Å². The van der Waals surface area contributed by atoms with Crippen molar-refractivity contribution in [1.29, 1.82) is 0 Å². The molecule has 1 saturated heterocycles. The summed E-state index contributed by atoms with van der Waals surface area (Å²) in [4.78, 5) is 27.9. The molecule has 0 spiro atoms. The summed E-state index contributed by atoms with van der Waals surface area (Å²) in [7, 11) is -3.26. The molecule has 4 rings (SSSR count). The lowest BCUT2D eigenvalue weighted by Crippen LogP contribution is -2.53. The summed E-state index contributed by atoms with van der Waals surface area (Å²) in [5.74, 6) is -0.131. The van der Waals surface area contributed by atoms with Gasteiger partial charge in [-0.3, -0.25) is 9.59 Å². The van der Waals surface area contributed by atoms with Crippen molar-refractivity contribution in [3.8, 4) is 5.75 Å². The number of rotatable bonds is 6. The molecule has 1 fully saturated rings. The fourth-order valence-electron chi connectivity index (χ4n) is 4.26. The van der Waals surface area contributed by atoms with E-state index in [-0.39, 0.29) is 30.0 Å². The number of nitrogens with one attached hydrogen (secondary N) is 1. The predicted octanol–water partition coefficient (Wildman–Crippen LogP) is 2.16. The van der Waals surface area contributed by atoms with Crippen LogP contribution in [0.4, 0.5) is 5.69 Å². The van der Waals surface area contributed by atoms with Gasteiger partial charge in [0, 0.05) is 25.6 Å². The Hall–Kier alpha value is -2.91. The normalized spacial score (nSPS) is 19.4. The summed E-state index contributed by atoms with van der Waals surface area (Å²) in [6.45, 7) is 2.78. The molecule has 2 amide bonds. The first-order chi connectivity index (χ1) is 15.9. The monoisotopic (exact) mass is 471 g/mol. The number of amides is 2. The molecule has 2 aliphatic heterocycles. The molecule has 8 nitrogen and oxygen atoms in total. The standard InChI is InChI=1S/C24H29N3O5S/c1-2-33(30,31)26-14-12-19(13-15-26)24(29)27-17-22(32-21-11-7-6-10-20(21)27)23(28)25-16-18-8-4-3-5-9-18/h3-11,19,22H,2,12-17H2,1H3,(H,25,28)/t22-/m0/s1. The van der Waals surface area contributed by atoms with E-state index >= 15 is 0 Å². The van der Waals surface area contributed by atoms with Gasteiger partial charge < -0.3 is 15.0 Å². The molecule has 0 saturated carbocycles. The molecule has 1 atom stereocenters. The van der Waals surface area contributed by atoms with Crippen LogP contribution >= 0.6 is 0 Å². The summed E-state index contributed by atoms with van der Waals surface area (Å²) in [6, 6.07) is 16.8. The van der Waals surface area contributed by atoms with Crippen LogP contribution in [0.15, 0.2) is 54.6 Å². The Bertz CT molecular complexity index is 1100. The number of carbonyl (C=O) groups is 2. The maximum Gasteiger partial charge on any atom is 0.263 e. The number of anilines is 1. The molecule has 2 aliphatic rings. The summed E-state index contributed by atoms with van der Waals surface area (Å²) in [6.07, 6.45) is 0.0957. The van der Waals surface area contributed by atoms with Crippen molar-refractivity contribution in [1.82, 2.24) is 9.62 Å². The van der Waals surface area contributed by atoms with E-state index in [1.807, 2.05) is 42.5 Å². The van der Waals surface area contributed by atoms with Crippen LogP contribution in [0.2, 0.25) is 0 Å². The van der Waals surface area contributed by atoms with Gasteiger partial charge in [-0.1, -0.05) is 42.5 Å². The van der Waals surface area contributed by atoms with E-state index in [4.69, 9.17) is 4.74 Å². The van der Waals surface area contributed by atoms with Gasteiger partial charge in [0.05, 0.1) is 18.0 Å². The van der Waals surface area contributed by atoms with Gasteiger partial charge in [0.1, 0.15) is 5.75 Å². The average Bonchev–Trinajstić information content (AvgIpc) is 2.86. The van der Waals surface area contributed by atoms with Gasteiger partial charge in [-0.25, -0.2) is 12.7 Å². The Morgan fingerprint density at radius 2 is 1.70 bits per heavy atom. The minimum absolute atomic E-state index is 0.0578. The van der Waals surface area contributed by atoms with Crippen molar-refractivity contribution in [2.75, 3.05) is 30.3 Å². The molecule has 176 valence electrons. The largest absolute Gasteiger partial charge is 0.477 e. The van der Waals surface area contributed by atoms with E-state index in [0.29, 0.717) is 43.9 Å². The van der Waals surface area contributed by atoms with Crippen LogP contribution < -0.4 is 15.0 Å². The molecule has 0 aromatic heterocycles. The average molecular weight is 472 g/mol. The molecule has 0 bridgehead atoms. The highest BCUT2D eigenvalue weighted by Crippen LogP contribution is 2.35. The van der Waals surface area contributed by atoms with Crippen molar-refractivity contribution in [3.05, 3.63) is 60.2 Å². The Morgan fingerprint density at radius 1 is 1.03 bits per heavy atom. The number of hydrogen-bond donors (Lipinski definition) is 1. The third-order valence-electron chi connectivity index (χ3n) is 6.20. The van der Waals surface area contributed by atoms with Crippen LogP contribution in [-0.2, 0) is 26.2 Å². The van der Waals surface area contributed by atoms with Gasteiger partial charge in [0.25, 0.3) is 5.91 Å². The molecular formula is C24H29N3O5S. The first-order valence-electron chi connectivity index (χ1n) is 11.3. The maximum absolute atomic E-state index is 13.5. The third-order valence-corrected chi connectivity index (χ3v) is 8.08. The van der Waals surface area contributed by atoms with Crippen LogP contribution in [0.5, 0.6) is 5.75 Å². The summed E-state index contributed by atoms with van der Waals surface area (Å²) < 4.78 is 31.7. The lowest BCUT2D eigenvalue weighted by molar-refractivity contribution is -0.129. The van der Waals surface area contributed by atoms with Gasteiger partial charge in [-0.05, 0) is 37.5 Å². The van der Waals surface area contributed by atoms with E-state index in [2.05, 4.69) is 5.32 Å². The molecule has 33 heavy (non-hydrogen) atoms. The Balaban J connectivity index is 1.45. The first kappa shape index (κ1) is 23.3. The highest BCUT2D eigenvalue weighted by Gasteiger charge is 2.38. The number of hydrogen-bond acceptors (Lipinski definition) is 5. The van der Waals surface area contributed by atoms with Crippen molar-refractivity contribution in [3.63, 3.8) is 0 Å². The smallest absolute Gasteiger partial charge is 0.263 e. The Labute approximate surface area is 194 Å². The highest BCUT2D eigenvalue weighted by atomic mass is 32.2. The number of piperidine rings is 1. The molecule has 9 heteroatoms. The number of carbonyl (C=O) groups excluding carboxylic acids is 2. The zero-order valence-corrected chi connectivity index (χ0v) is 19.5. The minimum Gasteiger partial charge on any atom is -0.477 e. The van der Waals surface area contributed by atoms with Gasteiger partial charge in [0.2, 0.25) is 15.9 Å². The fourth-order valence-corrected chi connectivity index (χ4v) is 5.39. The molecule has 0 unspecified atom stereocenters. The lowest BCUT2D eigenvalue weighted by Gasteiger charge is -2.38. The number of fused-ring (bicyclic) bond motifs is 1. The van der Waals surface area contributed by atoms with E-state index < -0.39 is 16.1 Å². The second-order valence-corrected chi connectivity index (χ2v) is 10.6. The molecule has 0 radical (unpaired) electrons. The predicted molar refractivity (Wildman–Crippen MR) is 125 cm³/mol. The number of para-hydroxylation sites is 2. The van der Waals surface area contributed by atoms with E-state index in [1.165, 1.54) is 4.31 Å². The third kappa shape index (κ3) is 5.20. The van der Waals surface area contributed by atoms with Gasteiger partial charge in [0.15, 0.2) is 6.10 Å². The van der Waals surface area contributed by atoms with Crippen LogP contribution in [0.25, 0.3) is 0 Å².